The SMILES string of the molecule is CC1(C)C2CCC1(C)C(OC(=O)c1ccc(F)cc1O)C2. The maximum Gasteiger partial charge on any atom is 0.342 e. The van der Waals surface area contributed by atoms with Gasteiger partial charge in [-0.3, -0.25) is 0 Å². The van der Waals surface area contributed by atoms with Crippen LogP contribution in [0.5, 0.6) is 5.75 Å². The zero-order valence-electron chi connectivity index (χ0n) is 12.6. The third-order valence-electron chi connectivity index (χ3n) is 6.14. The van der Waals surface area contributed by atoms with Gasteiger partial charge in [0.15, 0.2) is 0 Å². The third kappa shape index (κ3) is 1.95. The summed E-state index contributed by atoms with van der Waals surface area (Å²) in [5.74, 6) is -0.936. The molecule has 3 rings (SSSR count). The fourth-order valence-corrected chi connectivity index (χ4v) is 4.18. The fraction of sp³-hybridized carbons (Fsp3) is 0.588. The lowest BCUT2D eigenvalue weighted by atomic mass is 9.70. The van der Waals surface area contributed by atoms with E-state index < -0.39 is 11.8 Å². The number of phenols is 1. The molecule has 0 radical (unpaired) electrons. The fourth-order valence-electron chi connectivity index (χ4n) is 4.18. The first-order valence-corrected chi connectivity index (χ1v) is 7.45. The number of halogens is 1. The molecule has 0 heterocycles. The van der Waals surface area contributed by atoms with Crippen LogP contribution in [-0.2, 0) is 4.74 Å². The van der Waals surface area contributed by atoms with Gasteiger partial charge in [0.05, 0.1) is 0 Å². The molecule has 3 nitrogen and oxygen atoms in total. The van der Waals surface area contributed by atoms with Crippen molar-refractivity contribution < 1.29 is 19.0 Å². The number of phenolic OH excluding ortho intramolecular Hbond substituents is 1. The highest BCUT2D eigenvalue weighted by molar-refractivity contribution is 5.92. The van der Waals surface area contributed by atoms with Crippen LogP contribution in [0.2, 0.25) is 0 Å². The van der Waals surface area contributed by atoms with Crippen LogP contribution >= 0.6 is 0 Å². The number of fused-ring (bicyclic) bond motifs is 2. The van der Waals surface area contributed by atoms with Crippen LogP contribution < -0.4 is 0 Å². The molecular formula is C17H21FO3. The lowest BCUT2D eigenvalue weighted by Gasteiger charge is -2.38. The van der Waals surface area contributed by atoms with E-state index in [0.717, 1.165) is 25.0 Å². The summed E-state index contributed by atoms with van der Waals surface area (Å²) in [7, 11) is 0. The summed E-state index contributed by atoms with van der Waals surface area (Å²) in [4.78, 5) is 12.3. The maximum absolute atomic E-state index is 13.0. The van der Waals surface area contributed by atoms with E-state index in [1.54, 1.807) is 0 Å². The van der Waals surface area contributed by atoms with Gasteiger partial charge in [-0.25, -0.2) is 9.18 Å². The third-order valence-corrected chi connectivity index (χ3v) is 6.14. The van der Waals surface area contributed by atoms with E-state index in [1.807, 2.05) is 0 Å². The average molecular weight is 292 g/mol. The largest absolute Gasteiger partial charge is 0.507 e. The second-order valence-electron chi connectivity index (χ2n) is 7.17. The molecule has 3 atom stereocenters. The lowest BCUT2D eigenvalue weighted by Crippen LogP contribution is -2.38. The number of hydrogen-bond donors (Lipinski definition) is 1. The lowest BCUT2D eigenvalue weighted by molar-refractivity contribution is -0.0244. The van der Waals surface area contributed by atoms with Crippen LogP contribution in [0.4, 0.5) is 4.39 Å². The predicted molar refractivity (Wildman–Crippen MR) is 76.5 cm³/mol. The van der Waals surface area contributed by atoms with Crippen LogP contribution in [0.25, 0.3) is 0 Å². The molecule has 2 fully saturated rings. The Morgan fingerprint density at radius 2 is 2.10 bits per heavy atom. The van der Waals surface area contributed by atoms with Crippen molar-refractivity contribution in [3.63, 3.8) is 0 Å². The van der Waals surface area contributed by atoms with Gasteiger partial charge in [0, 0.05) is 11.5 Å². The molecule has 1 N–H and O–H groups in total. The molecule has 0 aliphatic heterocycles. The van der Waals surface area contributed by atoms with Gasteiger partial charge in [0.1, 0.15) is 23.2 Å². The van der Waals surface area contributed by atoms with E-state index in [0.29, 0.717) is 5.92 Å². The quantitative estimate of drug-likeness (QED) is 0.841. The van der Waals surface area contributed by atoms with E-state index in [-0.39, 0.29) is 28.2 Å². The number of benzene rings is 1. The van der Waals surface area contributed by atoms with Crippen molar-refractivity contribution in [3.05, 3.63) is 29.6 Å². The predicted octanol–water partition coefficient (Wildman–Crippen LogP) is 3.90. The molecule has 2 aliphatic carbocycles. The summed E-state index contributed by atoms with van der Waals surface area (Å²) < 4.78 is 18.7. The molecule has 0 spiro atoms. The number of hydrogen-bond acceptors (Lipinski definition) is 3. The van der Waals surface area contributed by atoms with E-state index in [9.17, 15) is 14.3 Å². The zero-order chi connectivity index (χ0) is 15.4. The molecular weight excluding hydrogens is 271 g/mol. The van der Waals surface area contributed by atoms with Gasteiger partial charge < -0.3 is 9.84 Å². The molecule has 2 bridgehead atoms. The summed E-state index contributed by atoms with van der Waals surface area (Å²) in [6.45, 7) is 6.67. The molecule has 2 aliphatic rings. The Bertz CT molecular complexity index is 596. The van der Waals surface area contributed by atoms with Gasteiger partial charge in [-0.1, -0.05) is 20.8 Å². The van der Waals surface area contributed by atoms with E-state index in [2.05, 4.69) is 20.8 Å². The number of aromatic hydroxyl groups is 1. The monoisotopic (exact) mass is 292 g/mol. The molecule has 0 saturated heterocycles. The van der Waals surface area contributed by atoms with E-state index in [4.69, 9.17) is 4.74 Å². The molecule has 0 aromatic heterocycles. The van der Waals surface area contributed by atoms with E-state index in [1.165, 1.54) is 12.5 Å². The summed E-state index contributed by atoms with van der Waals surface area (Å²) in [5.41, 5.74) is 0.159. The van der Waals surface area contributed by atoms with Crippen molar-refractivity contribution >= 4 is 5.97 Å². The smallest absolute Gasteiger partial charge is 0.342 e. The van der Waals surface area contributed by atoms with Crippen LogP contribution in [0, 0.1) is 22.6 Å². The minimum atomic E-state index is -0.572. The highest BCUT2D eigenvalue weighted by Crippen LogP contribution is 2.66. The summed E-state index contributed by atoms with van der Waals surface area (Å²) in [6, 6.07) is 3.36. The summed E-state index contributed by atoms with van der Waals surface area (Å²) >= 11 is 0. The number of esters is 1. The summed E-state index contributed by atoms with van der Waals surface area (Å²) in [5, 5.41) is 9.69. The molecule has 1 aromatic carbocycles. The van der Waals surface area contributed by atoms with E-state index >= 15 is 0 Å². The van der Waals surface area contributed by atoms with Gasteiger partial charge in [-0.2, -0.15) is 0 Å². The van der Waals surface area contributed by atoms with Crippen molar-refractivity contribution in [3.8, 4) is 5.75 Å². The van der Waals surface area contributed by atoms with Gasteiger partial charge in [-0.15, -0.1) is 0 Å². The molecule has 3 unspecified atom stereocenters. The van der Waals surface area contributed by atoms with Crippen LogP contribution in [0.15, 0.2) is 18.2 Å². The Morgan fingerprint density at radius 1 is 1.38 bits per heavy atom. The number of rotatable bonds is 2. The Hall–Kier alpha value is -1.58. The molecule has 4 heteroatoms. The van der Waals surface area contributed by atoms with Crippen LogP contribution in [-0.4, -0.2) is 17.2 Å². The molecule has 2 saturated carbocycles. The minimum Gasteiger partial charge on any atom is -0.507 e. The Kier molecular flexibility index (Phi) is 3.05. The van der Waals surface area contributed by atoms with Crippen LogP contribution in [0.3, 0.4) is 0 Å². The van der Waals surface area contributed by atoms with Gasteiger partial charge in [-0.05, 0) is 42.7 Å². The van der Waals surface area contributed by atoms with Gasteiger partial charge in [0.2, 0.25) is 0 Å². The zero-order valence-corrected chi connectivity index (χ0v) is 12.6. The molecule has 114 valence electrons. The second kappa shape index (κ2) is 4.46. The first-order chi connectivity index (χ1) is 9.75. The Balaban J connectivity index is 1.80. The standard InChI is InChI=1S/C17H21FO3/c1-16(2)10-6-7-17(16,3)14(8-10)21-15(20)12-5-4-11(18)9-13(12)19/h4-5,9-10,14,19H,6-8H2,1-3H3. The van der Waals surface area contributed by atoms with Crippen molar-refractivity contribution in [2.45, 2.75) is 46.1 Å². The number of ether oxygens (including phenoxy) is 1. The Morgan fingerprint density at radius 3 is 2.62 bits per heavy atom. The molecule has 21 heavy (non-hydrogen) atoms. The normalized spacial score (nSPS) is 33.1. The first-order valence-electron chi connectivity index (χ1n) is 7.45. The average Bonchev–Trinajstić information content (AvgIpc) is 2.71. The maximum atomic E-state index is 13.0. The highest BCUT2D eigenvalue weighted by atomic mass is 19.1. The van der Waals surface area contributed by atoms with Crippen LogP contribution in [0.1, 0.15) is 50.4 Å². The summed E-state index contributed by atoms with van der Waals surface area (Å²) in [6.07, 6.45) is 2.97. The van der Waals surface area contributed by atoms with Crippen molar-refractivity contribution in [1.82, 2.24) is 0 Å². The molecule has 0 amide bonds. The first kappa shape index (κ1) is 14.4. The van der Waals surface area contributed by atoms with Crippen molar-refractivity contribution in [2.24, 2.45) is 16.7 Å². The highest BCUT2D eigenvalue weighted by Gasteiger charge is 2.62. The Labute approximate surface area is 124 Å². The van der Waals surface area contributed by atoms with Gasteiger partial charge >= 0.3 is 5.97 Å². The molecule has 1 aromatic rings. The van der Waals surface area contributed by atoms with Gasteiger partial charge in [0.25, 0.3) is 0 Å². The minimum absolute atomic E-state index is 0.0248. The second-order valence-corrected chi connectivity index (χ2v) is 7.17. The van der Waals surface area contributed by atoms with Crippen molar-refractivity contribution in [2.75, 3.05) is 0 Å². The topological polar surface area (TPSA) is 46.5 Å². The van der Waals surface area contributed by atoms with Crippen molar-refractivity contribution in [1.29, 1.82) is 0 Å². The number of carbonyl (C=O) groups excluding carboxylic acids is 1. The number of carbonyl (C=O) groups is 1.